The molecule has 0 rings (SSSR count). The monoisotopic (exact) mass is 212 g/mol. The van der Waals surface area contributed by atoms with Crippen molar-refractivity contribution in [2.75, 3.05) is 25.7 Å². The minimum atomic E-state index is -1.85. The van der Waals surface area contributed by atoms with E-state index in [1.165, 1.54) is 0 Å². The van der Waals surface area contributed by atoms with Gasteiger partial charge in [0.15, 0.2) is 0 Å². The van der Waals surface area contributed by atoms with Crippen molar-refractivity contribution < 1.29 is 8.85 Å². The van der Waals surface area contributed by atoms with Gasteiger partial charge in [-0.25, -0.2) is 0 Å². The second-order valence-electron chi connectivity index (χ2n) is 2.20. The lowest BCUT2D eigenvalue weighted by atomic mass is 10.6. The fourth-order valence-corrected chi connectivity index (χ4v) is 4.21. The average molecular weight is 212 g/mol. The first-order valence-electron chi connectivity index (χ1n) is 3.53. The molecule has 0 aliphatic rings. The SMILES string of the molecule is CO[Si](C)(OC)SCCCS. The number of rotatable bonds is 6. The number of hydrogen-bond acceptors (Lipinski definition) is 4. The summed E-state index contributed by atoms with van der Waals surface area (Å²) in [6, 6.07) is 0. The van der Waals surface area contributed by atoms with Crippen molar-refractivity contribution in [3.05, 3.63) is 0 Å². The molecule has 0 unspecified atom stereocenters. The highest BCUT2D eigenvalue weighted by Gasteiger charge is 2.29. The molecular formula is C6H16O2S2Si. The highest BCUT2D eigenvalue weighted by molar-refractivity contribution is 8.27. The van der Waals surface area contributed by atoms with Crippen LogP contribution in [-0.4, -0.2) is 33.4 Å². The van der Waals surface area contributed by atoms with Crippen LogP contribution in [0.1, 0.15) is 6.42 Å². The second kappa shape index (κ2) is 6.36. The van der Waals surface area contributed by atoms with Gasteiger partial charge >= 0.3 is 7.71 Å². The van der Waals surface area contributed by atoms with E-state index in [1.807, 2.05) is 0 Å². The van der Waals surface area contributed by atoms with Crippen LogP contribution in [0, 0.1) is 0 Å². The molecule has 0 fully saturated rings. The van der Waals surface area contributed by atoms with Crippen molar-refractivity contribution in [3.8, 4) is 0 Å². The molecule has 0 heterocycles. The predicted octanol–water partition coefficient (Wildman–Crippen LogP) is 1.90. The first-order chi connectivity index (χ1) is 5.18. The van der Waals surface area contributed by atoms with Gasteiger partial charge in [-0.05, 0) is 24.5 Å². The van der Waals surface area contributed by atoms with Crippen LogP contribution in [0.3, 0.4) is 0 Å². The Hall–Kier alpha value is 0.837. The van der Waals surface area contributed by atoms with Gasteiger partial charge < -0.3 is 8.85 Å². The van der Waals surface area contributed by atoms with Crippen LogP contribution in [0.15, 0.2) is 0 Å². The zero-order chi connectivity index (χ0) is 8.74. The molecule has 0 aromatic heterocycles. The Kier molecular flexibility index (Phi) is 6.85. The molecule has 0 radical (unpaired) electrons. The quantitative estimate of drug-likeness (QED) is 0.412. The van der Waals surface area contributed by atoms with Crippen LogP contribution in [0.25, 0.3) is 0 Å². The van der Waals surface area contributed by atoms with Crippen LogP contribution in [0.2, 0.25) is 6.55 Å². The third-order valence-corrected chi connectivity index (χ3v) is 7.41. The molecule has 11 heavy (non-hydrogen) atoms. The zero-order valence-electron chi connectivity index (χ0n) is 7.29. The first-order valence-corrected chi connectivity index (χ1v) is 8.19. The van der Waals surface area contributed by atoms with E-state index in [-0.39, 0.29) is 0 Å². The van der Waals surface area contributed by atoms with Crippen molar-refractivity contribution in [2.24, 2.45) is 0 Å². The van der Waals surface area contributed by atoms with Gasteiger partial charge in [-0.15, -0.1) is 11.2 Å². The molecule has 0 bridgehead atoms. The average Bonchev–Trinajstić information content (AvgIpc) is 2.05. The first kappa shape index (κ1) is 11.8. The zero-order valence-corrected chi connectivity index (χ0v) is 10.0. The third kappa shape index (κ3) is 5.14. The Morgan fingerprint density at radius 1 is 1.36 bits per heavy atom. The molecule has 2 nitrogen and oxygen atoms in total. The Labute approximate surface area is 79.3 Å². The van der Waals surface area contributed by atoms with Crippen molar-refractivity contribution in [2.45, 2.75) is 13.0 Å². The molecule has 0 aromatic carbocycles. The summed E-state index contributed by atoms with van der Waals surface area (Å²) in [5.74, 6) is 2.01. The van der Waals surface area contributed by atoms with Crippen molar-refractivity contribution in [1.29, 1.82) is 0 Å². The van der Waals surface area contributed by atoms with E-state index in [4.69, 9.17) is 8.85 Å². The topological polar surface area (TPSA) is 18.5 Å². The van der Waals surface area contributed by atoms with Crippen molar-refractivity contribution in [3.63, 3.8) is 0 Å². The van der Waals surface area contributed by atoms with E-state index >= 15 is 0 Å². The predicted molar refractivity (Wildman–Crippen MR) is 56.6 cm³/mol. The highest BCUT2D eigenvalue weighted by atomic mass is 32.4. The molecule has 0 spiro atoms. The summed E-state index contributed by atoms with van der Waals surface area (Å²) in [6.45, 7) is 2.05. The summed E-state index contributed by atoms with van der Waals surface area (Å²) in [5.41, 5.74) is 0. The summed E-state index contributed by atoms with van der Waals surface area (Å²) in [7, 11) is 1.57. The van der Waals surface area contributed by atoms with Gasteiger partial charge in [-0.1, -0.05) is 0 Å². The molecule has 5 heteroatoms. The van der Waals surface area contributed by atoms with Crippen LogP contribution >= 0.6 is 23.8 Å². The van der Waals surface area contributed by atoms with Gasteiger partial charge in [-0.3, -0.25) is 0 Å². The van der Waals surface area contributed by atoms with Crippen LogP contribution in [-0.2, 0) is 8.85 Å². The molecule has 0 saturated carbocycles. The van der Waals surface area contributed by atoms with Gasteiger partial charge in [0.05, 0.1) is 0 Å². The standard InChI is InChI=1S/C6H16O2S2Si/c1-7-11(3,8-2)10-6-4-5-9/h9H,4-6H2,1-3H3. The molecule has 0 saturated heterocycles. The Bertz CT molecular complexity index is 98.6. The lowest BCUT2D eigenvalue weighted by Gasteiger charge is -2.21. The fourth-order valence-electron chi connectivity index (χ4n) is 0.523. The van der Waals surface area contributed by atoms with Gasteiger partial charge in [0.25, 0.3) is 0 Å². The van der Waals surface area contributed by atoms with Crippen LogP contribution < -0.4 is 0 Å². The molecule has 0 aromatic rings. The smallest absolute Gasteiger partial charge is 0.390 e. The Morgan fingerprint density at radius 2 is 1.91 bits per heavy atom. The van der Waals surface area contributed by atoms with Gasteiger partial charge in [0, 0.05) is 14.2 Å². The van der Waals surface area contributed by atoms with Crippen LogP contribution in [0.5, 0.6) is 0 Å². The van der Waals surface area contributed by atoms with E-state index in [0.29, 0.717) is 0 Å². The van der Waals surface area contributed by atoms with Crippen molar-refractivity contribution in [1.82, 2.24) is 0 Å². The van der Waals surface area contributed by atoms with E-state index < -0.39 is 7.71 Å². The maximum Gasteiger partial charge on any atom is 0.402 e. The molecular weight excluding hydrogens is 196 g/mol. The second-order valence-corrected chi connectivity index (χ2v) is 8.97. The summed E-state index contributed by atoms with van der Waals surface area (Å²) < 4.78 is 10.6. The molecule has 68 valence electrons. The van der Waals surface area contributed by atoms with E-state index in [2.05, 4.69) is 19.2 Å². The fraction of sp³-hybridized carbons (Fsp3) is 1.00. The lowest BCUT2D eigenvalue weighted by Crippen LogP contribution is -2.32. The van der Waals surface area contributed by atoms with Crippen molar-refractivity contribution >= 4 is 31.6 Å². The Morgan fingerprint density at radius 3 is 2.27 bits per heavy atom. The summed E-state index contributed by atoms with van der Waals surface area (Å²) >= 11 is 5.92. The minimum absolute atomic E-state index is 0.935. The molecule has 0 N–H and O–H groups in total. The largest absolute Gasteiger partial charge is 0.402 e. The number of thiol groups is 1. The molecule has 0 amide bonds. The van der Waals surface area contributed by atoms with E-state index in [1.54, 1.807) is 25.4 Å². The van der Waals surface area contributed by atoms with E-state index in [0.717, 1.165) is 17.9 Å². The van der Waals surface area contributed by atoms with Gasteiger partial charge in [-0.2, -0.15) is 12.6 Å². The van der Waals surface area contributed by atoms with Crippen LogP contribution in [0.4, 0.5) is 0 Å². The van der Waals surface area contributed by atoms with Gasteiger partial charge in [0.1, 0.15) is 0 Å². The molecule has 0 atom stereocenters. The summed E-state index contributed by atoms with van der Waals surface area (Å²) in [4.78, 5) is 0. The lowest BCUT2D eigenvalue weighted by molar-refractivity contribution is 0.276. The maximum atomic E-state index is 5.29. The minimum Gasteiger partial charge on any atom is -0.390 e. The Balaban J connectivity index is 3.51. The van der Waals surface area contributed by atoms with E-state index in [9.17, 15) is 0 Å². The van der Waals surface area contributed by atoms with Gasteiger partial charge in [0.2, 0.25) is 0 Å². The normalized spacial score (nSPS) is 12.0. The summed E-state index contributed by atoms with van der Waals surface area (Å²) in [5, 5.41) is 0. The summed E-state index contributed by atoms with van der Waals surface area (Å²) in [6.07, 6.45) is 1.11. The molecule has 0 aliphatic carbocycles. The highest BCUT2D eigenvalue weighted by Crippen LogP contribution is 2.21. The third-order valence-electron chi connectivity index (χ3n) is 1.41. The maximum absolute atomic E-state index is 5.29. The number of hydrogen-bond donors (Lipinski definition) is 1. The molecule has 0 aliphatic heterocycles.